The van der Waals surface area contributed by atoms with Crippen LogP contribution in [-0.2, 0) is 15.6 Å². The number of carboxylic acids is 1. The molecule has 2 aromatic rings. The number of hydrogen-bond donors (Lipinski definition) is 1. The molecule has 20 heavy (non-hydrogen) atoms. The molecule has 106 valence electrons. The Balaban J connectivity index is 2.37. The monoisotopic (exact) mass is 294 g/mol. The van der Waals surface area contributed by atoms with Crippen LogP contribution >= 0.6 is 0 Å². The number of sulfone groups is 1. The van der Waals surface area contributed by atoms with Gasteiger partial charge in [0.15, 0.2) is 9.84 Å². The first-order valence-corrected chi connectivity index (χ1v) is 7.57. The van der Waals surface area contributed by atoms with E-state index in [4.69, 9.17) is 9.52 Å². The highest BCUT2D eigenvalue weighted by molar-refractivity contribution is 7.90. The number of carboxylic acid groups (broad SMARTS) is 1. The molecular weight excluding hydrogens is 280 g/mol. The molecule has 0 aliphatic carbocycles. The lowest BCUT2D eigenvalue weighted by atomic mass is 10.2. The molecule has 0 saturated heterocycles. The van der Waals surface area contributed by atoms with Crippen molar-refractivity contribution in [3.05, 3.63) is 53.0 Å². The van der Waals surface area contributed by atoms with Crippen molar-refractivity contribution in [1.29, 1.82) is 0 Å². The predicted molar refractivity (Wildman–Crippen MR) is 72.5 cm³/mol. The summed E-state index contributed by atoms with van der Waals surface area (Å²) in [6, 6.07) is 8.09. The molecule has 1 heterocycles. The van der Waals surface area contributed by atoms with E-state index in [1.807, 2.05) is 0 Å². The SMILES string of the molecule is Cc1ccccc1S(=O)(=O)Cc1cc(C)c(C(=O)O)o1. The van der Waals surface area contributed by atoms with Gasteiger partial charge in [0.1, 0.15) is 11.5 Å². The van der Waals surface area contributed by atoms with E-state index in [1.165, 1.54) is 12.1 Å². The van der Waals surface area contributed by atoms with Gasteiger partial charge < -0.3 is 9.52 Å². The van der Waals surface area contributed by atoms with E-state index in [1.54, 1.807) is 32.0 Å². The molecule has 2 rings (SSSR count). The molecule has 0 spiro atoms. The van der Waals surface area contributed by atoms with Crippen molar-refractivity contribution in [1.82, 2.24) is 0 Å². The number of aryl methyl sites for hydroxylation is 2. The highest BCUT2D eigenvalue weighted by Gasteiger charge is 2.22. The van der Waals surface area contributed by atoms with E-state index in [9.17, 15) is 13.2 Å². The first-order valence-electron chi connectivity index (χ1n) is 5.92. The molecule has 0 radical (unpaired) electrons. The van der Waals surface area contributed by atoms with Gasteiger partial charge in [-0.2, -0.15) is 0 Å². The number of furan rings is 1. The lowest BCUT2D eigenvalue weighted by molar-refractivity contribution is 0.0659. The average Bonchev–Trinajstić information content (AvgIpc) is 2.69. The number of aromatic carboxylic acids is 1. The minimum atomic E-state index is -3.56. The van der Waals surface area contributed by atoms with Crippen molar-refractivity contribution >= 4 is 15.8 Å². The van der Waals surface area contributed by atoms with Crippen molar-refractivity contribution in [3.63, 3.8) is 0 Å². The van der Waals surface area contributed by atoms with E-state index >= 15 is 0 Å². The molecule has 0 amide bonds. The van der Waals surface area contributed by atoms with Crippen LogP contribution in [0.5, 0.6) is 0 Å². The Bertz CT molecular complexity index is 756. The van der Waals surface area contributed by atoms with Gasteiger partial charge in [-0.15, -0.1) is 0 Å². The zero-order valence-corrected chi connectivity index (χ0v) is 11.9. The minimum absolute atomic E-state index is 0.128. The lowest BCUT2D eigenvalue weighted by Crippen LogP contribution is -2.06. The third kappa shape index (κ3) is 2.75. The molecule has 1 aromatic carbocycles. The van der Waals surface area contributed by atoms with Crippen LogP contribution in [0.15, 0.2) is 39.6 Å². The summed E-state index contributed by atoms with van der Waals surface area (Å²) in [5, 5.41) is 8.90. The fourth-order valence-electron chi connectivity index (χ4n) is 2.00. The third-order valence-electron chi connectivity index (χ3n) is 2.92. The fraction of sp³-hybridized carbons (Fsp3) is 0.214. The van der Waals surface area contributed by atoms with Crippen LogP contribution in [-0.4, -0.2) is 19.5 Å². The first kappa shape index (κ1) is 14.3. The van der Waals surface area contributed by atoms with Gasteiger partial charge in [0, 0.05) is 5.56 Å². The Morgan fingerprint density at radius 3 is 2.40 bits per heavy atom. The lowest BCUT2D eigenvalue weighted by Gasteiger charge is -2.05. The zero-order chi connectivity index (χ0) is 14.9. The van der Waals surface area contributed by atoms with Gasteiger partial charge >= 0.3 is 5.97 Å². The second-order valence-electron chi connectivity index (χ2n) is 4.55. The summed E-state index contributed by atoms with van der Waals surface area (Å²) in [7, 11) is -3.56. The minimum Gasteiger partial charge on any atom is -0.475 e. The quantitative estimate of drug-likeness (QED) is 0.936. The Morgan fingerprint density at radius 2 is 1.85 bits per heavy atom. The van der Waals surface area contributed by atoms with Gasteiger partial charge in [0.2, 0.25) is 5.76 Å². The van der Waals surface area contributed by atoms with E-state index < -0.39 is 15.8 Å². The fourth-order valence-corrected chi connectivity index (χ4v) is 3.52. The predicted octanol–water partition coefficient (Wildman–Crippen LogP) is 2.57. The van der Waals surface area contributed by atoms with Crippen molar-refractivity contribution in [2.75, 3.05) is 0 Å². The second kappa shape index (κ2) is 5.13. The molecule has 1 N–H and O–H groups in total. The van der Waals surface area contributed by atoms with Gasteiger partial charge in [-0.3, -0.25) is 0 Å². The van der Waals surface area contributed by atoms with Crippen molar-refractivity contribution in [2.45, 2.75) is 24.5 Å². The standard InChI is InChI=1S/C14H14O5S/c1-9-5-3-4-6-12(9)20(17,18)8-11-7-10(2)13(19-11)14(15)16/h3-7H,8H2,1-2H3,(H,15,16). The van der Waals surface area contributed by atoms with Gasteiger partial charge in [-0.25, -0.2) is 13.2 Å². The van der Waals surface area contributed by atoms with Gasteiger partial charge in [-0.1, -0.05) is 18.2 Å². The maximum absolute atomic E-state index is 12.3. The van der Waals surface area contributed by atoms with Crippen molar-refractivity contribution < 1.29 is 22.7 Å². The third-order valence-corrected chi connectivity index (χ3v) is 4.72. The van der Waals surface area contributed by atoms with E-state index in [0.717, 1.165) is 0 Å². The molecule has 0 aliphatic heterocycles. The Labute approximate surface area is 116 Å². The Kier molecular flexibility index (Phi) is 3.67. The second-order valence-corrected chi connectivity index (χ2v) is 6.51. The van der Waals surface area contributed by atoms with E-state index in [-0.39, 0.29) is 22.2 Å². The number of hydrogen-bond acceptors (Lipinski definition) is 4. The number of carbonyl (C=O) groups is 1. The molecule has 6 heteroatoms. The highest BCUT2D eigenvalue weighted by atomic mass is 32.2. The summed E-state index contributed by atoms with van der Waals surface area (Å²) in [5.74, 6) is -1.66. The molecule has 0 fully saturated rings. The highest BCUT2D eigenvalue weighted by Crippen LogP contribution is 2.22. The Morgan fingerprint density at radius 1 is 1.20 bits per heavy atom. The molecule has 0 aliphatic rings. The Hall–Kier alpha value is -2.08. The van der Waals surface area contributed by atoms with Crippen LogP contribution in [0.1, 0.15) is 27.4 Å². The molecule has 1 aromatic heterocycles. The summed E-state index contributed by atoms with van der Waals surface area (Å²) in [6.45, 7) is 3.28. The summed E-state index contributed by atoms with van der Waals surface area (Å²) in [5.41, 5.74) is 1.06. The van der Waals surface area contributed by atoms with Gasteiger partial charge in [0.25, 0.3) is 0 Å². The summed E-state index contributed by atoms with van der Waals surface area (Å²) in [4.78, 5) is 11.1. The topological polar surface area (TPSA) is 84.6 Å². The summed E-state index contributed by atoms with van der Waals surface area (Å²) < 4.78 is 29.7. The van der Waals surface area contributed by atoms with Crippen LogP contribution < -0.4 is 0 Å². The van der Waals surface area contributed by atoms with E-state index in [0.29, 0.717) is 11.1 Å². The molecule has 0 atom stereocenters. The van der Waals surface area contributed by atoms with Gasteiger partial charge in [0.05, 0.1) is 4.90 Å². The summed E-state index contributed by atoms with van der Waals surface area (Å²) in [6.07, 6.45) is 0. The number of rotatable bonds is 4. The van der Waals surface area contributed by atoms with Crippen LogP contribution in [0.25, 0.3) is 0 Å². The van der Waals surface area contributed by atoms with Crippen molar-refractivity contribution in [3.8, 4) is 0 Å². The maximum Gasteiger partial charge on any atom is 0.372 e. The maximum atomic E-state index is 12.3. The van der Waals surface area contributed by atoms with Crippen LogP contribution in [0.3, 0.4) is 0 Å². The molecule has 5 nitrogen and oxygen atoms in total. The van der Waals surface area contributed by atoms with Gasteiger partial charge in [-0.05, 0) is 31.5 Å². The zero-order valence-electron chi connectivity index (χ0n) is 11.1. The number of benzene rings is 1. The molecule has 0 unspecified atom stereocenters. The first-order chi connectivity index (χ1) is 9.31. The van der Waals surface area contributed by atoms with Crippen LogP contribution in [0.2, 0.25) is 0 Å². The molecule has 0 bridgehead atoms. The van der Waals surface area contributed by atoms with Crippen LogP contribution in [0.4, 0.5) is 0 Å². The average molecular weight is 294 g/mol. The van der Waals surface area contributed by atoms with Crippen LogP contribution in [0, 0.1) is 13.8 Å². The smallest absolute Gasteiger partial charge is 0.372 e. The summed E-state index contributed by atoms with van der Waals surface area (Å²) >= 11 is 0. The molecular formula is C14H14O5S. The largest absolute Gasteiger partial charge is 0.475 e. The van der Waals surface area contributed by atoms with Crippen molar-refractivity contribution in [2.24, 2.45) is 0 Å². The normalized spacial score (nSPS) is 11.5. The van der Waals surface area contributed by atoms with E-state index in [2.05, 4.69) is 0 Å². The molecule has 0 saturated carbocycles.